The zero-order chi connectivity index (χ0) is 16.4. The van der Waals surface area contributed by atoms with Gasteiger partial charge in [0, 0.05) is 12.0 Å². The lowest BCUT2D eigenvalue weighted by molar-refractivity contribution is -0.385. The average molecular weight is 333 g/mol. The monoisotopic (exact) mass is 333 g/mol. The highest BCUT2D eigenvalue weighted by atomic mass is 32.2. The Morgan fingerprint density at radius 1 is 1.52 bits per heavy atom. The molecular formula is C14H15N5O3S. The molecule has 1 heterocycles. The highest BCUT2D eigenvalue weighted by molar-refractivity contribution is 7.99. The van der Waals surface area contributed by atoms with Gasteiger partial charge in [0.05, 0.1) is 21.9 Å². The van der Waals surface area contributed by atoms with Gasteiger partial charge in [-0.15, -0.1) is 5.10 Å². The van der Waals surface area contributed by atoms with Gasteiger partial charge in [0.15, 0.2) is 0 Å². The number of hydrogen-bond acceptors (Lipinski definition) is 6. The van der Waals surface area contributed by atoms with E-state index in [1.165, 1.54) is 17.8 Å². The lowest BCUT2D eigenvalue weighted by Gasteiger charge is -2.07. The van der Waals surface area contributed by atoms with Crippen LogP contribution in [-0.4, -0.2) is 31.8 Å². The highest BCUT2D eigenvalue weighted by Crippen LogP contribution is 2.38. The molecule has 0 radical (unpaired) electrons. The predicted molar refractivity (Wildman–Crippen MR) is 85.5 cm³/mol. The van der Waals surface area contributed by atoms with Crippen molar-refractivity contribution in [1.29, 1.82) is 0 Å². The molecule has 2 N–H and O–H groups in total. The number of nitro groups is 1. The normalized spacial score (nSPS) is 13.8. The van der Waals surface area contributed by atoms with E-state index >= 15 is 0 Å². The Morgan fingerprint density at radius 3 is 3.00 bits per heavy atom. The number of rotatable bonds is 6. The van der Waals surface area contributed by atoms with Crippen LogP contribution >= 0.6 is 11.8 Å². The molecule has 3 rings (SSSR count). The summed E-state index contributed by atoms with van der Waals surface area (Å²) in [5.74, 6) is 1.25. The van der Waals surface area contributed by atoms with E-state index in [4.69, 9.17) is 0 Å². The standard InChI is InChI=1S/C14H15N5O3S/c1-8-10(3-2-4-11(8)19(21)22)15-12(20)7-23-14-16-13(17-18-14)9-5-6-9/h2-4,9H,5-7H2,1H3,(H,15,20)(H,16,17,18). The SMILES string of the molecule is Cc1c(NC(=O)CSc2n[nH]c(C3CC3)n2)cccc1[N+](=O)[O-]. The maximum Gasteiger partial charge on any atom is 0.274 e. The van der Waals surface area contributed by atoms with Crippen LogP contribution in [0.4, 0.5) is 11.4 Å². The number of thioether (sulfide) groups is 1. The number of nitro benzene ring substituents is 1. The molecule has 0 saturated heterocycles. The highest BCUT2D eigenvalue weighted by Gasteiger charge is 2.27. The van der Waals surface area contributed by atoms with Crippen molar-refractivity contribution in [3.63, 3.8) is 0 Å². The minimum absolute atomic E-state index is 0.0153. The number of H-pyrrole nitrogens is 1. The number of amides is 1. The molecule has 1 aromatic carbocycles. The molecule has 120 valence electrons. The van der Waals surface area contributed by atoms with E-state index in [0.29, 0.717) is 22.3 Å². The van der Waals surface area contributed by atoms with Gasteiger partial charge in [-0.3, -0.25) is 20.0 Å². The Balaban J connectivity index is 1.58. The number of aromatic nitrogens is 3. The summed E-state index contributed by atoms with van der Waals surface area (Å²) < 4.78 is 0. The van der Waals surface area contributed by atoms with E-state index in [-0.39, 0.29) is 17.3 Å². The summed E-state index contributed by atoms with van der Waals surface area (Å²) in [6.45, 7) is 1.61. The average Bonchev–Trinajstić information content (AvgIpc) is 3.26. The quantitative estimate of drug-likeness (QED) is 0.477. The van der Waals surface area contributed by atoms with E-state index < -0.39 is 4.92 Å². The summed E-state index contributed by atoms with van der Waals surface area (Å²) in [6.07, 6.45) is 2.26. The molecule has 0 aliphatic heterocycles. The molecule has 0 spiro atoms. The Bertz CT molecular complexity index is 757. The van der Waals surface area contributed by atoms with Gasteiger partial charge >= 0.3 is 0 Å². The molecule has 2 aromatic rings. The minimum Gasteiger partial charge on any atom is -0.325 e. The van der Waals surface area contributed by atoms with Crippen molar-refractivity contribution in [2.75, 3.05) is 11.1 Å². The first kappa shape index (κ1) is 15.5. The third kappa shape index (κ3) is 3.67. The molecule has 1 aliphatic rings. The molecule has 1 aliphatic carbocycles. The van der Waals surface area contributed by atoms with Crippen molar-refractivity contribution in [1.82, 2.24) is 15.2 Å². The number of hydrogen-bond donors (Lipinski definition) is 2. The van der Waals surface area contributed by atoms with Crippen LogP contribution in [0.3, 0.4) is 0 Å². The summed E-state index contributed by atoms with van der Waals surface area (Å²) in [5.41, 5.74) is 0.863. The third-order valence-corrected chi connectivity index (χ3v) is 4.40. The van der Waals surface area contributed by atoms with Crippen LogP contribution in [0.15, 0.2) is 23.4 Å². The van der Waals surface area contributed by atoms with Crippen LogP contribution in [0, 0.1) is 17.0 Å². The molecule has 1 amide bonds. The number of carbonyl (C=O) groups is 1. The number of aromatic amines is 1. The van der Waals surface area contributed by atoms with Crippen molar-refractivity contribution < 1.29 is 9.72 Å². The molecule has 1 saturated carbocycles. The van der Waals surface area contributed by atoms with E-state index in [1.807, 2.05) is 0 Å². The fraction of sp³-hybridized carbons (Fsp3) is 0.357. The second-order valence-electron chi connectivity index (χ2n) is 5.32. The molecular weight excluding hydrogens is 318 g/mol. The zero-order valence-electron chi connectivity index (χ0n) is 12.4. The molecule has 23 heavy (non-hydrogen) atoms. The Hall–Kier alpha value is -2.42. The van der Waals surface area contributed by atoms with Crippen molar-refractivity contribution in [3.8, 4) is 0 Å². The molecule has 9 heteroatoms. The molecule has 8 nitrogen and oxygen atoms in total. The molecule has 0 unspecified atom stereocenters. The van der Waals surface area contributed by atoms with Crippen LogP contribution < -0.4 is 5.32 Å². The summed E-state index contributed by atoms with van der Waals surface area (Å²) in [5, 5.41) is 21.1. The maximum absolute atomic E-state index is 12.0. The first-order chi connectivity index (χ1) is 11.0. The van der Waals surface area contributed by atoms with Crippen LogP contribution in [0.25, 0.3) is 0 Å². The van der Waals surface area contributed by atoms with Crippen molar-refractivity contribution in [2.24, 2.45) is 0 Å². The molecule has 0 atom stereocenters. The summed E-state index contributed by atoms with van der Waals surface area (Å²) in [4.78, 5) is 26.8. The smallest absolute Gasteiger partial charge is 0.274 e. The second-order valence-corrected chi connectivity index (χ2v) is 6.26. The van der Waals surface area contributed by atoms with Gasteiger partial charge in [-0.2, -0.15) is 0 Å². The van der Waals surface area contributed by atoms with E-state index in [9.17, 15) is 14.9 Å². The number of carbonyl (C=O) groups excluding carboxylic acids is 1. The van der Waals surface area contributed by atoms with Gasteiger partial charge in [-0.05, 0) is 25.8 Å². The molecule has 0 bridgehead atoms. The van der Waals surface area contributed by atoms with Gasteiger partial charge in [0.25, 0.3) is 5.69 Å². The maximum atomic E-state index is 12.0. The topological polar surface area (TPSA) is 114 Å². The fourth-order valence-electron chi connectivity index (χ4n) is 2.14. The molecule has 1 fully saturated rings. The van der Waals surface area contributed by atoms with E-state index in [1.54, 1.807) is 19.1 Å². The Labute approximate surface area is 136 Å². The number of benzene rings is 1. The third-order valence-electron chi connectivity index (χ3n) is 3.55. The Kier molecular flexibility index (Phi) is 4.28. The second kappa shape index (κ2) is 6.37. The first-order valence-corrected chi connectivity index (χ1v) is 8.12. The van der Waals surface area contributed by atoms with Crippen molar-refractivity contribution >= 4 is 29.0 Å². The van der Waals surface area contributed by atoms with E-state index in [2.05, 4.69) is 20.5 Å². The van der Waals surface area contributed by atoms with Crippen LogP contribution in [0.5, 0.6) is 0 Å². The number of nitrogens with zero attached hydrogens (tertiary/aromatic N) is 3. The van der Waals surface area contributed by atoms with Crippen LogP contribution in [0.2, 0.25) is 0 Å². The zero-order valence-corrected chi connectivity index (χ0v) is 13.2. The lowest BCUT2D eigenvalue weighted by atomic mass is 10.1. The van der Waals surface area contributed by atoms with Gasteiger partial charge in [0.1, 0.15) is 5.82 Å². The van der Waals surface area contributed by atoms with Gasteiger partial charge in [-0.25, -0.2) is 4.98 Å². The van der Waals surface area contributed by atoms with E-state index in [0.717, 1.165) is 18.7 Å². The minimum atomic E-state index is -0.465. The van der Waals surface area contributed by atoms with Crippen LogP contribution in [0.1, 0.15) is 30.1 Å². The summed E-state index contributed by atoms with van der Waals surface area (Å²) in [7, 11) is 0. The predicted octanol–water partition coefficient (Wildman–Crippen LogP) is 2.63. The first-order valence-electron chi connectivity index (χ1n) is 7.13. The largest absolute Gasteiger partial charge is 0.325 e. The number of nitrogens with one attached hydrogen (secondary N) is 2. The Morgan fingerprint density at radius 2 is 2.30 bits per heavy atom. The van der Waals surface area contributed by atoms with Crippen molar-refractivity contribution in [2.45, 2.75) is 30.8 Å². The fourth-order valence-corrected chi connectivity index (χ4v) is 2.74. The summed E-state index contributed by atoms with van der Waals surface area (Å²) in [6, 6.07) is 4.60. The number of anilines is 1. The van der Waals surface area contributed by atoms with Gasteiger partial charge in [0.2, 0.25) is 11.1 Å². The van der Waals surface area contributed by atoms with Crippen molar-refractivity contribution in [3.05, 3.63) is 39.7 Å². The molecule has 1 aromatic heterocycles. The van der Waals surface area contributed by atoms with Gasteiger partial charge in [-0.1, -0.05) is 17.8 Å². The van der Waals surface area contributed by atoms with Gasteiger partial charge < -0.3 is 5.32 Å². The van der Waals surface area contributed by atoms with Crippen LogP contribution in [-0.2, 0) is 4.79 Å². The summed E-state index contributed by atoms with van der Waals surface area (Å²) >= 11 is 1.23. The lowest BCUT2D eigenvalue weighted by Crippen LogP contribution is -2.15.